The first kappa shape index (κ1) is 19.2. The number of benzene rings is 2. The van der Waals surface area contributed by atoms with Crippen molar-refractivity contribution in [3.05, 3.63) is 70.1 Å². The number of rotatable bonds is 5. The predicted molar refractivity (Wildman–Crippen MR) is 110 cm³/mol. The number of hydrogen-bond donors (Lipinski definition) is 1. The lowest BCUT2D eigenvalue weighted by Gasteiger charge is -2.18. The monoisotopic (exact) mass is 427 g/mol. The third-order valence-corrected chi connectivity index (χ3v) is 5.57. The molecule has 0 saturated heterocycles. The normalized spacial score (nSPS) is 12.5. The number of ketones is 1. The van der Waals surface area contributed by atoms with Crippen molar-refractivity contribution < 1.29 is 23.9 Å². The lowest BCUT2D eigenvalue weighted by atomic mass is 10.1. The smallest absolute Gasteiger partial charge is 0.348 e. The zero-order valence-electron chi connectivity index (χ0n) is 14.9. The molecule has 0 radical (unpaired) electrons. The molecule has 1 amide bonds. The molecule has 6 nitrogen and oxygen atoms in total. The Kier molecular flexibility index (Phi) is 5.33. The standard InChI is InChI=1S/C21H14ClNO5S/c22-14-4-1-12(2-5-14)18-7-8-19(29-18)21(26)28-10-16(24)13-3-6-17-15(9-13)23-20(25)11-27-17/h1-9H,10-11H2,(H,23,25). The number of fused-ring (bicyclic) bond motifs is 1. The first-order chi connectivity index (χ1) is 14.0. The molecule has 29 heavy (non-hydrogen) atoms. The quantitative estimate of drug-likeness (QED) is 0.481. The summed E-state index contributed by atoms with van der Waals surface area (Å²) in [5.41, 5.74) is 1.67. The summed E-state index contributed by atoms with van der Waals surface area (Å²) in [6.45, 7) is -0.461. The number of carbonyl (C=O) groups is 3. The molecular formula is C21H14ClNO5S. The van der Waals surface area contributed by atoms with Gasteiger partial charge in [-0.1, -0.05) is 23.7 Å². The molecule has 1 aromatic heterocycles. The maximum absolute atomic E-state index is 12.4. The predicted octanol–water partition coefficient (Wildman–Crippen LogP) is 4.44. The maximum atomic E-state index is 12.4. The molecule has 146 valence electrons. The minimum absolute atomic E-state index is 0.0588. The van der Waals surface area contributed by atoms with Crippen LogP contribution in [-0.4, -0.2) is 30.9 Å². The van der Waals surface area contributed by atoms with Crippen LogP contribution in [0, 0.1) is 0 Å². The molecule has 0 saturated carbocycles. The van der Waals surface area contributed by atoms with Crippen molar-refractivity contribution >= 4 is 46.3 Å². The summed E-state index contributed by atoms with van der Waals surface area (Å²) in [6.07, 6.45) is 0. The SMILES string of the molecule is O=C1COc2ccc(C(=O)COC(=O)c3ccc(-c4ccc(Cl)cc4)s3)cc2N1. The van der Waals surface area contributed by atoms with Gasteiger partial charge < -0.3 is 14.8 Å². The van der Waals surface area contributed by atoms with E-state index in [9.17, 15) is 14.4 Å². The molecule has 3 aromatic rings. The van der Waals surface area contributed by atoms with Gasteiger partial charge in [-0.15, -0.1) is 11.3 Å². The van der Waals surface area contributed by atoms with Gasteiger partial charge in [-0.2, -0.15) is 0 Å². The minimum Gasteiger partial charge on any atom is -0.482 e. The van der Waals surface area contributed by atoms with E-state index in [1.54, 1.807) is 30.3 Å². The minimum atomic E-state index is -0.571. The van der Waals surface area contributed by atoms with Gasteiger partial charge in [-0.3, -0.25) is 9.59 Å². The van der Waals surface area contributed by atoms with Crippen molar-refractivity contribution in [2.24, 2.45) is 0 Å². The van der Waals surface area contributed by atoms with E-state index in [0.717, 1.165) is 10.4 Å². The molecule has 8 heteroatoms. The molecule has 0 fully saturated rings. The molecule has 0 atom stereocenters. The fourth-order valence-corrected chi connectivity index (χ4v) is 3.79. The molecule has 0 spiro atoms. The molecule has 2 aromatic carbocycles. The summed E-state index contributed by atoms with van der Waals surface area (Å²) in [7, 11) is 0. The van der Waals surface area contributed by atoms with E-state index in [-0.39, 0.29) is 18.3 Å². The number of anilines is 1. The molecule has 0 bridgehead atoms. The number of halogens is 1. The number of amides is 1. The van der Waals surface area contributed by atoms with Crippen LogP contribution in [0.3, 0.4) is 0 Å². The first-order valence-electron chi connectivity index (χ1n) is 8.62. The van der Waals surface area contributed by atoms with Crippen LogP contribution >= 0.6 is 22.9 Å². The van der Waals surface area contributed by atoms with Crippen molar-refractivity contribution in [3.8, 4) is 16.2 Å². The van der Waals surface area contributed by atoms with E-state index in [0.29, 0.717) is 26.9 Å². The molecule has 1 aliphatic heterocycles. The van der Waals surface area contributed by atoms with Gasteiger partial charge in [0.1, 0.15) is 10.6 Å². The largest absolute Gasteiger partial charge is 0.482 e. The molecular weight excluding hydrogens is 414 g/mol. The van der Waals surface area contributed by atoms with Gasteiger partial charge in [-0.25, -0.2) is 4.79 Å². The van der Waals surface area contributed by atoms with Crippen LogP contribution in [0.15, 0.2) is 54.6 Å². The summed E-state index contributed by atoms with van der Waals surface area (Å²) >= 11 is 7.17. The molecule has 1 aliphatic rings. The number of nitrogens with one attached hydrogen (secondary N) is 1. The second-order valence-corrected chi connectivity index (χ2v) is 7.74. The zero-order valence-corrected chi connectivity index (χ0v) is 16.5. The third-order valence-electron chi connectivity index (χ3n) is 4.20. The van der Waals surface area contributed by atoms with Crippen molar-refractivity contribution in [1.29, 1.82) is 0 Å². The molecule has 0 unspecified atom stereocenters. The molecule has 4 rings (SSSR count). The van der Waals surface area contributed by atoms with E-state index in [4.69, 9.17) is 21.1 Å². The first-order valence-corrected chi connectivity index (χ1v) is 9.82. The number of hydrogen-bond acceptors (Lipinski definition) is 6. The van der Waals surface area contributed by atoms with Crippen molar-refractivity contribution in [1.82, 2.24) is 0 Å². The van der Waals surface area contributed by atoms with Crippen LogP contribution in [0.2, 0.25) is 5.02 Å². The summed E-state index contributed by atoms with van der Waals surface area (Å²) < 4.78 is 10.4. The Balaban J connectivity index is 1.40. The second kappa shape index (κ2) is 8.06. The Morgan fingerprint density at radius 1 is 1.10 bits per heavy atom. The maximum Gasteiger partial charge on any atom is 0.348 e. The van der Waals surface area contributed by atoms with Crippen LogP contribution in [0.4, 0.5) is 5.69 Å². The lowest BCUT2D eigenvalue weighted by molar-refractivity contribution is -0.118. The highest BCUT2D eigenvalue weighted by Gasteiger charge is 2.19. The van der Waals surface area contributed by atoms with Crippen molar-refractivity contribution in [2.75, 3.05) is 18.5 Å². The summed E-state index contributed by atoms with van der Waals surface area (Å²) in [4.78, 5) is 37.4. The van der Waals surface area contributed by atoms with E-state index in [1.807, 2.05) is 18.2 Å². The fraction of sp³-hybridized carbons (Fsp3) is 0.0952. The van der Waals surface area contributed by atoms with Gasteiger partial charge in [0.05, 0.1) is 5.69 Å². The fourth-order valence-electron chi connectivity index (χ4n) is 2.76. The van der Waals surface area contributed by atoms with Gasteiger partial charge >= 0.3 is 5.97 Å². The van der Waals surface area contributed by atoms with E-state index >= 15 is 0 Å². The van der Waals surface area contributed by atoms with Crippen molar-refractivity contribution in [2.45, 2.75) is 0 Å². The van der Waals surface area contributed by atoms with Crippen molar-refractivity contribution in [3.63, 3.8) is 0 Å². The Morgan fingerprint density at radius 2 is 1.90 bits per heavy atom. The van der Waals surface area contributed by atoms with E-state index < -0.39 is 12.6 Å². The zero-order chi connectivity index (χ0) is 20.4. The van der Waals surface area contributed by atoms with Crippen LogP contribution in [0.5, 0.6) is 5.75 Å². The van der Waals surface area contributed by atoms with Crippen LogP contribution in [0.1, 0.15) is 20.0 Å². The highest BCUT2D eigenvalue weighted by molar-refractivity contribution is 7.17. The van der Waals surface area contributed by atoms with Gasteiger partial charge in [0.2, 0.25) is 0 Å². The number of ether oxygens (including phenoxy) is 2. The van der Waals surface area contributed by atoms with Crippen LogP contribution in [0.25, 0.3) is 10.4 Å². The number of Topliss-reactive ketones (excluding diaryl/α,β-unsaturated/α-hetero) is 1. The Bertz CT molecular complexity index is 1110. The Hall–Kier alpha value is -3.16. The van der Waals surface area contributed by atoms with E-state index in [2.05, 4.69) is 5.32 Å². The number of carbonyl (C=O) groups excluding carboxylic acids is 3. The molecule has 2 heterocycles. The Labute approximate surface area is 175 Å². The summed E-state index contributed by atoms with van der Waals surface area (Å²) in [5, 5.41) is 3.27. The highest BCUT2D eigenvalue weighted by atomic mass is 35.5. The third kappa shape index (κ3) is 4.31. The second-order valence-electron chi connectivity index (χ2n) is 6.22. The van der Waals surface area contributed by atoms with Gasteiger partial charge in [0, 0.05) is 15.5 Å². The lowest BCUT2D eigenvalue weighted by Crippen LogP contribution is -2.25. The molecule has 0 aliphatic carbocycles. The highest BCUT2D eigenvalue weighted by Crippen LogP contribution is 2.30. The van der Waals surface area contributed by atoms with Crippen LogP contribution < -0.4 is 10.1 Å². The van der Waals surface area contributed by atoms with Crippen LogP contribution in [-0.2, 0) is 9.53 Å². The summed E-state index contributed by atoms with van der Waals surface area (Å²) in [5.74, 6) is -0.747. The van der Waals surface area contributed by atoms with E-state index in [1.165, 1.54) is 17.4 Å². The molecule has 1 N–H and O–H groups in total. The average Bonchev–Trinajstić information content (AvgIpc) is 3.22. The summed E-state index contributed by atoms with van der Waals surface area (Å²) in [6, 6.07) is 15.4. The topological polar surface area (TPSA) is 81.7 Å². The van der Waals surface area contributed by atoms with Gasteiger partial charge in [0.25, 0.3) is 5.91 Å². The number of thiophene rings is 1. The number of esters is 1. The van der Waals surface area contributed by atoms with Gasteiger partial charge in [-0.05, 0) is 48.0 Å². The Morgan fingerprint density at radius 3 is 2.69 bits per heavy atom. The average molecular weight is 428 g/mol. The van der Waals surface area contributed by atoms with Gasteiger partial charge in [0.15, 0.2) is 19.0 Å².